The van der Waals surface area contributed by atoms with Gasteiger partial charge in [-0.15, -0.1) is 0 Å². The van der Waals surface area contributed by atoms with Gasteiger partial charge in [0.15, 0.2) is 0 Å². The number of rotatable bonds is 7. The maximum Gasteiger partial charge on any atom is 0.0587 e. The van der Waals surface area contributed by atoms with Crippen LogP contribution in [0.2, 0.25) is 0 Å². The van der Waals surface area contributed by atoms with Gasteiger partial charge in [-0.3, -0.25) is 4.90 Å². The van der Waals surface area contributed by atoms with Gasteiger partial charge in [0.2, 0.25) is 0 Å². The molecular weight excluding hydrogens is 224 g/mol. The fourth-order valence-corrected chi connectivity index (χ4v) is 3.50. The van der Waals surface area contributed by atoms with Crippen molar-refractivity contribution < 1.29 is 4.74 Å². The standard InChI is InChI=1S/C15H30N2O/c1-18-11-9-16-12-15-8-4-5-10-17(15)13-14-6-2-3-7-14/h14-16H,2-13H2,1H3. The molecular formula is C15H30N2O. The van der Waals surface area contributed by atoms with Gasteiger partial charge < -0.3 is 10.1 Å². The van der Waals surface area contributed by atoms with Crippen molar-refractivity contribution in [1.82, 2.24) is 10.2 Å². The maximum atomic E-state index is 5.09. The first-order valence-electron chi connectivity index (χ1n) is 7.84. The molecule has 1 aliphatic carbocycles. The Labute approximate surface area is 112 Å². The first-order chi connectivity index (χ1) is 8.90. The summed E-state index contributed by atoms with van der Waals surface area (Å²) in [6.07, 6.45) is 10.1. The Morgan fingerprint density at radius 1 is 1.11 bits per heavy atom. The zero-order valence-electron chi connectivity index (χ0n) is 12.0. The average molecular weight is 254 g/mol. The van der Waals surface area contributed by atoms with Gasteiger partial charge in [0.25, 0.3) is 0 Å². The lowest BCUT2D eigenvalue weighted by Gasteiger charge is -2.37. The largest absolute Gasteiger partial charge is 0.383 e. The first-order valence-corrected chi connectivity index (χ1v) is 7.84. The third-order valence-corrected chi connectivity index (χ3v) is 4.58. The molecule has 2 rings (SSSR count). The Hall–Kier alpha value is -0.120. The van der Waals surface area contributed by atoms with Crippen molar-refractivity contribution in [3.8, 4) is 0 Å². The van der Waals surface area contributed by atoms with Crippen molar-refractivity contribution in [1.29, 1.82) is 0 Å². The third kappa shape index (κ3) is 4.52. The van der Waals surface area contributed by atoms with Crippen molar-refractivity contribution >= 4 is 0 Å². The number of hydrogen-bond donors (Lipinski definition) is 1. The van der Waals surface area contributed by atoms with E-state index in [4.69, 9.17) is 4.74 Å². The Morgan fingerprint density at radius 2 is 1.89 bits per heavy atom. The van der Waals surface area contributed by atoms with Crippen LogP contribution in [0.5, 0.6) is 0 Å². The van der Waals surface area contributed by atoms with Gasteiger partial charge in [-0.25, -0.2) is 0 Å². The molecule has 0 aromatic carbocycles. The van der Waals surface area contributed by atoms with Gasteiger partial charge >= 0.3 is 0 Å². The van der Waals surface area contributed by atoms with E-state index in [1.165, 1.54) is 58.0 Å². The fraction of sp³-hybridized carbons (Fsp3) is 1.00. The van der Waals surface area contributed by atoms with Crippen molar-refractivity contribution in [3.63, 3.8) is 0 Å². The van der Waals surface area contributed by atoms with Crippen LogP contribution >= 0.6 is 0 Å². The summed E-state index contributed by atoms with van der Waals surface area (Å²) in [7, 11) is 1.77. The van der Waals surface area contributed by atoms with Crippen LogP contribution in [-0.4, -0.2) is 50.8 Å². The molecule has 1 N–H and O–H groups in total. The number of ether oxygens (including phenoxy) is 1. The second-order valence-electron chi connectivity index (χ2n) is 5.99. The quantitative estimate of drug-likeness (QED) is 0.705. The molecule has 0 amide bonds. The summed E-state index contributed by atoms with van der Waals surface area (Å²) in [5, 5.41) is 3.54. The molecule has 1 heterocycles. The van der Waals surface area contributed by atoms with Crippen LogP contribution in [0.1, 0.15) is 44.9 Å². The lowest BCUT2D eigenvalue weighted by Crippen LogP contribution is -2.47. The number of nitrogens with zero attached hydrogens (tertiary/aromatic N) is 1. The highest BCUT2D eigenvalue weighted by molar-refractivity contribution is 4.82. The average Bonchev–Trinajstić information content (AvgIpc) is 2.89. The van der Waals surface area contributed by atoms with E-state index in [1.807, 2.05) is 0 Å². The van der Waals surface area contributed by atoms with Gasteiger partial charge in [-0.05, 0) is 38.1 Å². The minimum Gasteiger partial charge on any atom is -0.383 e. The van der Waals surface area contributed by atoms with Gasteiger partial charge in [0.05, 0.1) is 6.61 Å². The zero-order valence-corrected chi connectivity index (χ0v) is 12.0. The molecule has 3 nitrogen and oxygen atoms in total. The van der Waals surface area contributed by atoms with Gasteiger partial charge in [0, 0.05) is 32.8 Å². The molecule has 1 atom stereocenters. The zero-order chi connectivity index (χ0) is 12.6. The maximum absolute atomic E-state index is 5.09. The van der Waals surface area contributed by atoms with Gasteiger partial charge in [-0.2, -0.15) is 0 Å². The monoisotopic (exact) mass is 254 g/mol. The predicted octanol–water partition coefficient (Wildman–Crippen LogP) is 2.27. The molecule has 0 spiro atoms. The minimum atomic E-state index is 0.774. The Kier molecular flexibility index (Phi) is 6.46. The predicted molar refractivity (Wildman–Crippen MR) is 75.9 cm³/mol. The number of methoxy groups -OCH3 is 1. The van der Waals surface area contributed by atoms with E-state index in [1.54, 1.807) is 7.11 Å². The van der Waals surface area contributed by atoms with E-state index < -0.39 is 0 Å². The molecule has 1 saturated heterocycles. The van der Waals surface area contributed by atoms with E-state index in [9.17, 15) is 0 Å². The molecule has 1 unspecified atom stereocenters. The Bertz CT molecular complexity index is 217. The molecule has 18 heavy (non-hydrogen) atoms. The Balaban J connectivity index is 1.70. The summed E-state index contributed by atoms with van der Waals surface area (Å²) in [6.45, 7) is 5.65. The number of hydrogen-bond acceptors (Lipinski definition) is 3. The molecule has 2 fully saturated rings. The van der Waals surface area contributed by atoms with Gasteiger partial charge in [-0.1, -0.05) is 19.3 Å². The highest BCUT2D eigenvalue weighted by Gasteiger charge is 2.25. The van der Waals surface area contributed by atoms with Crippen LogP contribution in [0.15, 0.2) is 0 Å². The molecule has 1 saturated carbocycles. The fourth-order valence-electron chi connectivity index (χ4n) is 3.50. The molecule has 106 valence electrons. The smallest absolute Gasteiger partial charge is 0.0587 e. The van der Waals surface area contributed by atoms with Crippen molar-refractivity contribution in [2.24, 2.45) is 5.92 Å². The van der Waals surface area contributed by atoms with E-state index in [2.05, 4.69) is 10.2 Å². The van der Waals surface area contributed by atoms with E-state index in [0.717, 1.165) is 31.7 Å². The summed E-state index contributed by atoms with van der Waals surface area (Å²) >= 11 is 0. The SMILES string of the molecule is COCCNCC1CCCCN1CC1CCCC1. The molecule has 1 aliphatic heterocycles. The van der Waals surface area contributed by atoms with Crippen LogP contribution < -0.4 is 5.32 Å². The molecule has 2 aliphatic rings. The van der Waals surface area contributed by atoms with Crippen LogP contribution in [0.25, 0.3) is 0 Å². The highest BCUT2D eigenvalue weighted by Crippen LogP contribution is 2.27. The van der Waals surface area contributed by atoms with E-state index >= 15 is 0 Å². The summed E-state index contributed by atoms with van der Waals surface area (Å²) in [4.78, 5) is 2.76. The summed E-state index contributed by atoms with van der Waals surface area (Å²) < 4.78 is 5.09. The molecule has 0 bridgehead atoms. The second kappa shape index (κ2) is 8.13. The van der Waals surface area contributed by atoms with E-state index in [0.29, 0.717) is 0 Å². The summed E-state index contributed by atoms with van der Waals surface area (Å²) in [6, 6.07) is 0.774. The number of nitrogens with one attached hydrogen (secondary N) is 1. The van der Waals surface area contributed by atoms with Crippen molar-refractivity contribution in [3.05, 3.63) is 0 Å². The second-order valence-corrected chi connectivity index (χ2v) is 5.99. The lowest BCUT2D eigenvalue weighted by atomic mass is 9.99. The number of piperidine rings is 1. The molecule has 0 aromatic heterocycles. The summed E-state index contributed by atoms with van der Waals surface area (Å²) in [5.74, 6) is 0.990. The van der Waals surface area contributed by atoms with Crippen molar-refractivity contribution in [2.45, 2.75) is 51.0 Å². The normalized spacial score (nSPS) is 26.8. The van der Waals surface area contributed by atoms with E-state index in [-0.39, 0.29) is 0 Å². The van der Waals surface area contributed by atoms with Crippen LogP contribution in [0.3, 0.4) is 0 Å². The topological polar surface area (TPSA) is 24.5 Å². The lowest BCUT2D eigenvalue weighted by molar-refractivity contribution is 0.121. The van der Waals surface area contributed by atoms with Crippen LogP contribution in [0.4, 0.5) is 0 Å². The number of likely N-dealkylation sites (tertiary alicyclic amines) is 1. The van der Waals surface area contributed by atoms with Crippen LogP contribution in [-0.2, 0) is 4.74 Å². The first kappa shape index (κ1) is 14.3. The third-order valence-electron chi connectivity index (χ3n) is 4.58. The van der Waals surface area contributed by atoms with Gasteiger partial charge in [0.1, 0.15) is 0 Å². The summed E-state index contributed by atoms with van der Waals surface area (Å²) in [5.41, 5.74) is 0. The Morgan fingerprint density at radius 3 is 2.67 bits per heavy atom. The minimum absolute atomic E-state index is 0.774. The molecule has 0 aromatic rings. The van der Waals surface area contributed by atoms with Crippen molar-refractivity contribution in [2.75, 3.05) is 39.9 Å². The van der Waals surface area contributed by atoms with Crippen LogP contribution in [0, 0.1) is 5.92 Å². The molecule has 0 radical (unpaired) electrons. The molecule has 3 heteroatoms. The highest BCUT2D eigenvalue weighted by atomic mass is 16.5.